The largest absolute Gasteiger partial charge is 0.490 e. The molecule has 4 N–H and O–H groups in total. The highest BCUT2D eigenvalue weighted by atomic mass is 19.4. The number of hydrogen-bond donors (Lipinski definition) is 4. The number of alkyl halides is 3. The third-order valence-corrected chi connectivity index (χ3v) is 6.71. The van der Waals surface area contributed by atoms with Crippen molar-refractivity contribution in [3.63, 3.8) is 0 Å². The first-order valence-corrected chi connectivity index (χ1v) is 12.4. The Morgan fingerprint density at radius 1 is 1.12 bits per heavy atom. The fourth-order valence-corrected chi connectivity index (χ4v) is 4.62. The number of carboxylic acid groups (broad SMARTS) is 1. The first-order valence-electron chi connectivity index (χ1n) is 12.4. The zero-order valence-electron chi connectivity index (χ0n) is 21.0. The molecule has 0 radical (unpaired) electrons. The number of imide groups is 1. The van der Waals surface area contributed by atoms with E-state index in [4.69, 9.17) is 9.90 Å². The normalized spacial score (nSPS) is 19.4. The Balaban J connectivity index is 0.000000470. The van der Waals surface area contributed by atoms with E-state index in [2.05, 4.69) is 26.3 Å². The minimum absolute atomic E-state index is 0.0304. The molecule has 0 bridgehead atoms. The molecule has 0 saturated carbocycles. The second kappa shape index (κ2) is 11.8. The van der Waals surface area contributed by atoms with Gasteiger partial charge in [0.25, 0.3) is 5.91 Å². The average molecular weight is 566 g/mol. The summed E-state index contributed by atoms with van der Waals surface area (Å²) in [4.78, 5) is 59.2. The van der Waals surface area contributed by atoms with Gasteiger partial charge in [0.05, 0.1) is 18.4 Å². The number of amides is 4. The van der Waals surface area contributed by atoms with Crippen LogP contribution in [0.25, 0.3) is 5.69 Å². The highest BCUT2D eigenvalue weighted by Crippen LogP contribution is 2.29. The van der Waals surface area contributed by atoms with Crippen LogP contribution >= 0.6 is 0 Å². The number of carbonyl (C=O) groups is 5. The Morgan fingerprint density at radius 2 is 1.82 bits per heavy atom. The molecule has 2 fully saturated rings. The van der Waals surface area contributed by atoms with Crippen molar-refractivity contribution in [3.8, 4) is 5.69 Å². The third kappa shape index (κ3) is 6.62. The number of carboxylic acids is 1. The summed E-state index contributed by atoms with van der Waals surface area (Å²) in [5.74, 6) is -3.64. The van der Waals surface area contributed by atoms with Gasteiger partial charge in [-0.1, -0.05) is 5.21 Å². The van der Waals surface area contributed by atoms with Gasteiger partial charge in [-0.25, -0.2) is 9.48 Å². The number of nitrogens with zero attached hydrogens (tertiary/aromatic N) is 4. The van der Waals surface area contributed by atoms with E-state index in [0.717, 1.165) is 37.2 Å². The maximum atomic E-state index is 12.8. The van der Waals surface area contributed by atoms with Gasteiger partial charge in [0.1, 0.15) is 11.7 Å². The number of rotatable bonds is 5. The number of nitrogens with one attached hydrogen (secondary N) is 3. The van der Waals surface area contributed by atoms with Crippen molar-refractivity contribution in [1.82, 2.24) is 35.8 Å². The Kier molecular flexibility index (Phi) is 8.46. The van der Waals surface area contributed by atoms with Crippen molar-refractivity contribution < 1.29 is 42.3 Å². The Labute approximate surface area is 225 Å². The van der Waals surface area contributed by atoms with Gasteiger partial charge in [-0.05, 0) is 56.1 Å². The molecule has 3 aliphatic heterocycles. The summed E-state index contributed by atoms with van der Waals surface area (Å²) in [6.45, 7) is 2.31. The second-order valence-corrected chi connectivity index (χ2v) is 9.44. The zero-order valence-corrected chi connectivity index (χ0v) is 21.0. The maximum Gasteiger partial charge on any atom is 0.490 e. The summed E-state index contributed by atoms with van der Waals surface area (Å²) in [5, 5.41) is 23.9. The van der Waals surface area contributed by atoms with Gasteiger partial charge in [-0.3, -0.25) is 24.5 Å². The van der Waals surface area contributed by atoms with Gasteiger partial charge in [0, 0.05) is 24.4 Å². The number of aromatic nitrogens is 3. The zero-order chi connectivity index (χ0) is 29.0. The molecule has 4 amide bonds. The van der Waals surface area contributed by atoms with Crippen LogP contribution in [0.1, 0.15) is 47.3 Å². The summed E-state index contributed by atoms with van der Waals surface area (Å²) in [6.07, 6.45) is -1.12. The van der Waals surface area contributed by atoms with Crippen molar-refractivity contribution in [3.05, 3.63) is 41.2 Å². The van der Waals surface area contributed by atoms with E-state index in [9.17, 15) is 32.3 Å². The lowest BCUT2D eigenvalue weighted by Crippen LogP contribution is -2.52. The molecule has 1 unspecified atom stereocenters. The van der Waals surface area contributed by atoms with Crippen molar-refractivity contribution in [2.75, 3.05) is 13.1 Å². The molecule has 0 spiro atoms. The van der Waals surface area contributed by atoms with E-state index >= 15 is 0 Å². The number of halogens is 3. The molecule has 4 heterocycles. The summed E-state index contributed by atoms with van der Waals surface area (Å²) in [5.41, 5.74) is 2.70. The van der Waals surface area contributed by atoms with E-state index in [1.54, 1.807) is 23.0 Å². The molecule has 2 saturated heterocycles. The monoisotopic (exact) mass is 565 g/mol. The fraction of sp³-hybridized carbons (Fsp3) is 0.458. The lowest BCUT2D eigenvalue weighted by atomic mass is 9.97. The van der Waals surface area contributed by atoms with E-state index in [1.807, 2.05) is 6.07 Å². The van der Waals surface area contributed by atoms with Crippen molar-refractivity contribution in [2.45, 2.75) is 51.0 Å². The highest BCUT2D eigenvalue weighted by Gasteiger charge is 2.39. The van der Waals surface area contributed by atoms with Crippen LogP contribution in [0.4, 0.5) is 13.2 Å². The van der Waals surface area contributed by atoms with E-state index in [-0.39, 0.29) is 30.1 Å². The first kappa shape index (κ1) is 28.7. The smallest absolute Gasteiger partial charge is 0.475 e. The molecule has 16 heteroatoms. The van der Waals surface area contributed by atoms with E-state index in [1.165, 1.54) is 4.90 Å². The number of benzene rings is 1. The molecule has 5 rings (SSSR count). The van der Waals surface area contributed by atoms with Crippen LogP contribution in [0, 0.1) is 5.92 Å². The number of hydrogen-bond acceptors (Lipinski definition) is 8. The number of aliphatic carboxylic acids is 1. The maximum absolute atomic E-state index is 12.8. The lowest BCUT2D eigenvalue weighted by molar-refractivity contribution is -0.192. The van der Waals surface area contributed by atoms with Gasteiger partial charge in [0.15, 0.2) is 0 Å². The standard InChI is InChI=1S/C22H25N7O4.C2HF3O2/c30-19-4-3-18(21(32)25-19)28-11-14-9-16(1-2-17(14)22(28)33)29-12-15(26-27-29)10-24-20(31)13-5-7-23-8-6-13;3-2(4,5)1(6)7/h1-2,9,12-13,18,23H,3-8,10-11H2,(H,24,31)(H,25,30,32);(H,6,7). The Hall–Kier alpha value is -4.34. The van der Waals surface area contributed by atoms with Gasteiger partial charge in [-0.15, -0.1) is 5.10 Å². The molecule has 0 aliphatic carbocycles. The lowest BCUT2D eigenvalue weighted by Gasteiger charge is -2.29. The van der Waals surface area contributed by atoms with Crippen molar-refractivity contribution in [2.24, 2.45) is 5.92 Å². The number of piperidine rings is 2. The van der Waals surface area contributed by atoms with E-state index in [0.29, 0.717) is 30.8 Å². The molecule has 3 aliphatic rings. The van der Waals surface area contributed by atoms with Gasteiger partial charge >= 0.3 is 12.1 Å². The molecule has 1 atom stereocenters. The first-order chi connectivity index (χ1) is 18.9. The third-order valence-electron chi connectivity index (χ3n) is 6.71. The SMILES string of the molecule is O=C(O)C(F)(F)F.O=C1CCC(N2Cc3cc(-n4cc(CNC(=O)C5CCNCC5)nn4)ccc3C2=O)C(=O)N1. The average Bonchev–Trinajstić information content (AvgIpc) is 3.52. The Bertz CT molecular complexity index is 1320. The van der Waals surface area contributed by atoms with Crippen LogP contribution in [-0.4, -0.2) is 79.9 Å². The molecule has 1 aromatic carbocycles. The van der Waals surface area contributed by atoms with E-state index < -0.39 is 24.1 Å². The van der Waals surface area contributed by atoms with Crippen LogP contribution in [0.2, 0.25) is 0 Å². The topological polar surface area (TPSA) is 176 Å². The highest BCUT2D eigenvalue weighted by molar-refractivity contribution is 6.05. The van der Waals surface area contributed by atoms with Crippen LogP contribution < -0.4 is 16.0 Å². The molecule has 40 heavy (non-hydrogen) atoms. The van der Waals surface area contributed by atoms with Crippen molar-refractivity contribution >= 4 is 29.6 Å². The van der Waals surface area contributed by atoms with Crippen molar-refractivity contribution in [1.29, 1.82) is 0 Å². The summed E-state index contributed by atoms with van der Waals surface area (Å²) >= 11 is 0. The number of carbonyl (C=O) groups excluding carboxylic acids is 4. The van der Waals surface area contributed by atoms with Crippen LogP contribution in [0.5, 0.6) is 0 Å². The summed E-state index contributed by atoms with van der Waals surface area (Å²) in [7, 11) is 0. The molecular formula is C24H26F3N7O6. The quantitative estimate of drug-likeness (QED) is 0.371. The molecule has 2 aromatic rings. The predicted octanol–water partition coefficient (Wildman–Crippen LogP) is 0.277. The second-order valence-electron chi connectivity index (χ2n) is 9.44. The van der Waals surface area contributed by atoms with Crippen LogP contribution in [-0.2, 0) is 32.3 Å². The number of fused-ring (bicyclic) bond motifs is 1. The minimum atomic E-state index is -5.08. The van der Waals surface area contributed by atoms with Gasteiger partial charge in [0.2, 0.25) is 17.7 Å². The summed E-state index contributed by atoms with van der Waals surface area (Å²) in [6, 6.07) is 4.70. The van der Waals surface area contributed by atoms with Gasteiger partial charge in [-0.2, -0.15) is 13.2 Å². The fourth-order valence-electron chi connectivity index (χ4n) is 4.62. The van der Waals surface area contributed by atoms with Crippen LogP contribution in [0.15, 0.2) is 24.4 Å². The minimum Gasteiger partial charge on any atom is -0.475 e. The molecule has 13 nitrogen and oxygen atoms in total. The summed E-state index contributed by atoms with van der Waals surface area (Å²) < 4.78 is 33.3. The molecular weight excluding hydrogens is 539 g/mol. The van der Waals surface area contributed by atoms with Gasteiger partial charge < -0.3 is 20.6 Å². The van der Waals surface area contributed by atoms with Crippen LogP contribution in [0.3, 0.4) is 0 Å². The molecule has 1 aromatic heterocycles. The predicted molar refractivity (Wildman–Crippen MR) is 129 cm³/mol. The molecule has 214 valence electrons. The Morgan fingerprint density at radius 3 is 2.48 bits per heavy atom.